The van der Waals surface area contributed by atoms with Crippen molar-refractivity contribution in [2.45, 2.75) is 20.5 Å². The number of piperazine rings is 1. The summed E-state index contributed by atoms with van der Waals surface area (Å²) in [6.45, 7) is 9.65. The average molecular weight is 562 g/mol. The molecule has 1 fully saturated rings. The molecule has 0 bridgehead atoms. The van der Waals surface area contributed by atoms with Gasteiger partial charge in [0.25, 0.3) is 0 Å². The van der Waals surface area contributed by atoms with E-state index in [1.807, 2.05) is 66.7 Å². The third-order valence-electron chi connectivity index (χ3n) is 6.39. The number of esters is 1. The van der Waals surface area contributed by atoms with Gasteiger partial charge in [-0.05, 0) is 29.8 Å². The normalized spacial score (nSPS) is 13.6. The number of benzene rings is 3. The lowest BCUT2D eigenvalue weighted by molar-refractivity contribution is 0.0258. The highest BCUT2D eigenvalue weighted by molar-refractivity contribution is 5.92. The average Bonchev–Trinajstić information content (AvgIpc) is 2.91. The Hall–Kier alpha value is -2.93. The van der Waals surface area contributed by atoms with Crippen LogP contribution in [0.15, 0.2) is 78.9 Å². The number of carbonyl (C=O) groups is 1. The van der Waals surface area contributed by atoms with Gasteiger partial charge in [0.05, 0.1) is 19.4 Å². The van der Waals surface area contributed by atoms with Crippen LogP contribution in [0.5, 0.6) is 11.5 Å². The summed E-state index contributed by atoms with van der Waals surface area (Å²) in [4.78, 5) is 17.8. The van der Waals surface area contributed by atoms with Gasteiger partial charge in [-0.3, -0.25) is 4.90 Å². The Labute approximate surface area is 238 Å². The van der Waals surface area contributed by atoms with E-state index in [1.165, 1.54) is 0 Å². The number of hydrogen-bond acceptors (Lipinski definition) is 6. The molecule has 8 heteroatoms. The first-order chi connectivity index (χ1) is 17.4. The first-order valence-electron chi connectivity index (χ1n) is 12.5. The standard InChI is InChI=1S/C30H36N2O4.2ClH/c1-30(2,22-31-17-19-32(20-18-31)26-14-8-10-16-28(26)34-3)23-36-29(33)25-13-7-9-15-27(25)35-21-24-11-5-4-6-12-24;;/h4-16H,17-23H2,1-3H3;2*1H. The molecule has 38 heavy (non-hydrogen) atoms. The third kappa shape index (κ3) is 8.55. The molecule has 0 aliphatic carbocycles. The van der Waals surface area contributed by atoms with Crippen molar-refractivity contribution in [2.75, 3.05) is 51.3 Å². The van der Waals surface area contributed by atoms with Gasteiger partial charge >= 0.3 is 5.97 Å². The zero-order valence-corrected chi connectivity index (χ0v) is 23.9. The molecule has 3 aromatic carbocycles. The number of halogens is 2. The fraction of sp³-hybridized carbons (Fsp3) is 0.367. The van der Waals surface area contributed by atoms with Crippen LogP contribution in [-0.2, 0) is 11.3 Å². The van der Waals surface area contributed by atoms with Crippen LogP contribution in [0.4, 0.5) is 5.69 Å². The minimum Gasteiger partial charge on any atom is -0.495 e. The van der Waals surface area contributed by atoms with Gasteiger partial charge in [0, 0.05) is 38.1 Å². The molecule has 4 rings (SSSR count). The summed E-state index contributed by atoms with van der Waals surface area (Å²) in [5.74, 6) is 1.09. The van der Waals surface area contributed by atoms with Crippen molar-refractivity contribution in [1.29, 1.82) is 0 Å². The minimum atomic E-state index is -0.354. The maximum Gasteiger partial charge on any atom is 0.341 e. The van der Waals surface area contributed by atoms with E-state index < -0.39 is 0 Å². The van der Waals surface area contributed by atoms with Crippen molar-refractivity contribution in [3.63, 3.8) is 0 Å². The van der Waals surface area contributed by atoms with Crippen molar-refractivity contribution < 1.29 is 19.0 Å². The van der Waals surface area contributed by atoms with Gasteiger partial charge in [-0.15, -0.1) is 24.8 Å². The van der Waals surface area contributed by atoms with Gasteiger partial charge in [0.15, 0.2) is 0 Å². The number of methoxy groups -OCH3 is 1. The molecule has 0 saturated carbocycles. The van der Waals surface area contributed by atoms with Crippen LogP contribution >= 0.6 is 24.8 Å². The maximum absolute atomic E-state index is 12.9. The highest BCUT2D eigenvalue weighted by Crippen LogP contribution is 2.29. The van der Waals surface area contributed by atoms with Gasteiger partial charge < -0.3 is 19.1 Å². The van der Waals surface area contributed by atoms with Crippen LogP contribution in [0.2, 0.25) is 0 Å². The van der Waals surface area contributed by atoms with Crippen molar-refractivity contribution in [1.82, 2.24) is 4.90 Å². The molecule has 0 N–H and O–H groups in total. The Morgan fingerprint density at radius 1 is 0.816 bits per heavy atom. The maximum atomic E-state index is 12.9. The summed E-state index contributed by atoms with van der Waals surface area (Å²) in [5.41, 5.74) is 2.46. The second-order valence-corrected chi connectivity index (χ2v) is 9.95. The Bertz CT molecular complexity index is 1140. The van der Waals surface area contributed by atoms with Gasteiger partial charge in [-0.1, -0.05) is 68.4 Å². The second-order valence-electron chi connectivity index (χ2n) is 9.95. The van der Waals surface area contributed by atoms with Gasteiger partial charge in [-0.25, -0.2) is 4.79 Å². The predicted octanol–water partition coefficient (Wildman–Crippen LogP) is 6.12. The van der Waals surface area contributed by atoms with E-state index in [2.05, 4.69) is 29.7 Å². The van der Waals surface area contributed by atoms with Crippen LogP contribution in [0.25, 0.3) is 0 Å². The lowest BCUT2D eigenvalue weighted by atomic mass is 9.93. The zero-order valence-electron chi connectivity index (χ0n) is 22.3. The highest BCUT2D eigenvalue weighted by atomic mass is 35.5. The number of ether oxygens (including phenoxy) is 3. The minimum absolute atomic E-state index is 0. The molecule has 6 nitrogen and oxygen atoms in total. The van der Waals surface area contributed by atoms with Crippen LogP contribution in [-0.4, -0.2) is 57.3 Å². The van der Waals surface area contributed by atoms with Crippen LogP contribution in [0.1, 0.15) is 29.8 Å². The molecule has 1 aliphatic rings. The molecule has 206 valence electrons. The topological polar surface area (TPSA) is 51.2 Å². The molecule has 1 saturated heterocycles. The number of hydrogen-bond donors (Lipinski definition) is 0. The van der Waals surface area contributed by atoms with Crippen molar-refractivity contribution in [3.8, 4) is 11.5 Å². The number of anilines is 1. The molecule has 0 radical (unpaired) electrons. The van der Waals surface area contributed by atoms with E-state index in [-0.39, 0.29) is 36.2 Å². The highest BCUT2D eigenvalue weighted by Gasteiger charge is 2.28. The summed E-state index contributed by atoms with van der Waals surface area (Å²) in [7, 11) is 1.71. The van der Waals surface area contributed by atoms with Crippen molar-refractivity contribution >= 4 is 36.5 Å². The lowest BCUT2D eigenvalue weighted by Gasteiger charge is -2.39. The number of para-hydroxylation sites is 3. The van der Waals surface area contributed by atoms with E-state index >= 15 is 0 Å². The molecule has 0 atom stereocenters. The van der Waals surface area contributed by atoms with E-state index in [0.29, 0.717) is 24.5 Å². The van der Waals surface area contributed by atoms with Crippen LogP contribution in [0.3, 0.4) is 0 Å². The van der Waals surface area contributed by atoms with Gasteiger partial charge in [0.2, 0.25) is 0 Å². The van der Waals surface area contributed by atoms with E-state index in [1.54, 1.807) is 13.2 Å². The molecule has 3 aromatic rings. The molecule has 0 spiro atoms. The zero-order chi connectivity index (χ0) is 25.4. The molecule has 0 amide bonds. The summed E-state index contributed by atoms with van der Waals surface area (Å²) in [6, 6.07) is 25.3. The first-order valence-corrected chi connectivity index (χ1v) is 12.5. The van der Waals surface area contributed by atoms with E-state index in [4.69, 9.17) is 14.2 Å². The quantitative estimate of drug-likeness (QED) is 0.278. The number of carbonyl (C=O) groups excluding carboxylic acids is 1. The van der Waals surface area contributed by atoms with Crippen LogP contribution < -0.4 is 14.4 Å². The molecule has 1 aliphatic heterocycles. The fourth-order valence-corrected chi connectivity index (χ4v) is 4.52. The molecule has 1 heterocycles. The summed E-state index contributed by atoms with van der Waals surface area (Å²) in [5, 5.41) is 0. The van der Waals surface area contributed by atoms with Crippen LogP contribution in [0, 0.1) is 5.41 Å². The Balaban J connectivity index is 0.00000253. The SMILES string of the molecule is COc1ccccc1N1CCN(CC(C)(C)COC(=O)c2ccccc2OCc2ccccc2)CC1.Cl.Cl. The van der Waals surface area contributed by atoms with E-state index in [0.717, 1.165) is 49.7 Å². The second kappa shape index (κ2) is 14.9. The largest absolute Gasteiger partial charge is 0.495 e. The molecule has 0 aromatic heterocycles. The fourth-order valence-electron chi connectivity index (χ4n) is 4.52. The number of nitrogens with zero attached hydrogens (tertiary/aromatic N) is 2. The Morgan fingerprint density at radius 2 is 1.42 bits per heavy atom. The molecular formula is C30H38Cl2N2O4. The predicted molar refractivity (Wildman–Crippen MR) is 157 cm³/mol. The van der Waals surface area contributed by atoms with E-state index in [9.17, 15) is 4.79 Å². The summed E-state index contributed by atoms with van der Waals surface area (Å²) < 4.78 is 17.2. The summed E-state index contributed by atoms with van der Waals surface area (Å²) in [6.07, 6.45) is 0. The Morgan fingerprint density at radius 3 is 2.11 bits per heavy atom. The third-order valence-corrected chi connectivity index (χ3v) is 6.39. The van der Waals surface area contributed by atoms with Crippen molar-refractivity contribution in [3.05, 3.63) is 90.0 Å². The van der Waals surface area contributed by atoms with Crippen molar-refractivity contribution in [2.24, 2.45) is 5.41 Å². The van der Waals surface area contributed by atoms with Gasteiger partial charge in [0.1, 0.15) is 23.7 Å². The number of rotatable bonds is 10. The monoisotopic (exact) mass is 560 g/mol. The Kier molecular flexibility index (Phi) is 12.2. The smallest absolute Gasteiger partial charge is 0.341 e. The molecular weight excluding hydrogens is 523 g/mol. The summed E-state index contributed by atoms with van der Waals surface area (Å²) >= 11 is 0. The first kappa shape index (κ1) is 31.3. The van der Waals surface area contributed by atoms with Gasteiger partial charge in [-0.2, -0.15) is 0 Å². The lowest BCUT2D eigenvalue weighted by Crippen LogP contribution is -2.49. The molecule has 0 unspecified atom stereocenters.